The molecule has 20 heavy (non-hydrogen) atoms. The molecule has 2 aromatic rings. The van der Waals surface area contributed by atoms with E-state index in [0.29, 0.717) is 11.7 Å². The van der Waals surface area contributed by atoms with Crippen molar-refractivity contribution in [1.29, 1.82) is 0 Å². The number of anilines is 1. The van der Waals surface area contributed by atoms with Gasteiger partial charge < -0.3 is 11.1 Å². The Morgan fingerprint density at radius 2 is 1.85 bits per heavy atom. The summed E-state index contributed by atoms with van der Waals surface area (Å²) in [4.78, 5) is 4.27. The number of aromatic nitrogens is 1. The van der Waals surface area contributed by atoms with Crippen LogP contribution in [0.4, 0.5) is 5.82 Å². The molecular formula is C17H21N3. The van der Waals surface area contributed by atoms with E-state index >= 15 is 0 Å². The summed E-state index contributed by atoms with van der Waals surface area (Å²) < 4.78 is 0. The highest BCUT2D eigenvalue weighted by molar-refractivity contribution is 5.47. The minimum Gasteiger partial charge on any atom is -0.383 e. The van der Waals surface area contributed by atoms with Gasteiger partial charge in [0.25, 0.3) is 0 Å². The first-order valence-electron chi connectivity index (χ1n) is 7.15. The monoisotopic (exact) mass is 267 g/mol. The maximum absolute atomic E-state index is 6.12. The van der Waals surface area contributed by atoms with E-state index < -0.39 is 0 Å². The van der Waals surface area contributed by atoms with Crippen molar-refractivity contribution in [3.63, 3.8) is 0 Å². The van der Waals surface area contributed by atoms with E-state index in [1.54, 1.807) is 6.20 Å². The molecule has 0 fully saturated rings. The molecule has 3 heteroatoms. The van der Waals surface area contributed by atoms with E-state index in [9.17, 15) is 0 Å². The van der Waals surface area contributed by atoms with Gasteiger partial charge in [-0.05, 0) is 55.5 Å². The van der Waals surface area contributed by atoms with Crippen LogP contribution in [0.2, 0.25) is 0 Å². The van der Waals surface area contributed by atoms with Crippen LogP contribution in [0.15, 0.2) is 36.5 Å². The number of nitrogens with one attached hydrogen (secondary N) is 1. The third-order valence-electron chi connectivity index (χ3n) is 4.41. The van der Waals surface area contributed by atoms with Gasteiger partial charge in [-0.25, -0.2) is 4.98 Å². The Balaban J connectivity index is 1.93. The number of rotatable bonds is 3. The number of pyridine rings is 1. The second-order valence-electron chi connectivity index (χ2n) is 5.63. The first-order valence-corrected chi connectivity index (χ1v) is 7.15. The van der Waals surface area contributed by atoms with Crippen molar-refractivity contribution in [2.75, 3.05) is 12.8 Å². The standard InChI is InChI=1S/C17H21N3/c1-11-7-8-20-17(18)15(11)16(19-2)14-9-12-5-3-4-6-13(12)10-14/h3-8,14,16,19H,9-10H2,1-2H3,(H2,18,20). The van der Waals surface area contributed by atoms with E-state index in [1.807, 2.05) is 13.1 Å². The molecule has 1 unspecified atom stereocenters. The fourth-order valence-electron chi connectivity index (χ4n) is 3.44. The third-order valence-corrected chi connectivity index (χ3v) is 4.41. The van der Waals surface area contributed by atoms with Crippen LogP contribution in [0.3, 0.4) is 0 Å². The zero-order chi connectivity index (χ0) is 14.1. The summed E-state index contributed by atoms with van der Waals surface area (Å²) in [7, 11) is 2.01. The molecule has 0 amide bonds. The van der Waals surface area contributed by atoms with E-state index in [-0.39, 0.29) is 6.04 Å². The molecule has 3 rings (SSSR count). The van der Waals surface area contributed by atoms with E-state index in [1.165, 1.54) is 16.7 Å². The van der Waals surface area contributed by atoms with Gasteiger partial charge >= 0.3 is 0 Å². The lowest BCUT2D eigenvalue weighted by molar-refractivity contribution is 0.396. The van der Waals surface area contributed by atoms with Crippen molar-refractivity contribution in [2.24, 2.45) is 5.92 Å². The summed E-state index contributed by atoms with van der Waals surface area (Å²) in [5.41, 5.74) is 11.4. The van der Waals surface area contributed by atoms with Gasteiger partial charge in [-0.2, -0.15) is 0 Å². The number of hydrogen-bond acceptors (Lipinski definition) is 3. The Morgan fingerprint density at radius 3 is 2.40 bits per heavy atom. The summed E-state index contributed by atoms with van der Waals surface area (Å²) in [5.74, 6) is 1.20. The van der Waals surface area contributed by atoms with Gasteiger partial charge in [0.15, 0.2) is 0 Å². The molecule has 1 heterocycles. The molecule has 3 nitrogen and oxygen atoms in total. The minimum absolute atomic E-state index is 0.260. The molecule has 1 aliphatic carbocycles. The predicted molar refractivity (Wildman–Crippen MR) is 82.5 cm³/mol. The van der Waals surface area contributed by atoms with Crippen molar-refractivity contribution < 1.29 is 0 Å². The van der Waals surface area contributed by atoms with Crippen LogP contribution in [0.1, 0.15) is 28.3 Å². The largest absolute Gasteiger partial charge is 0.383 e. The number of nitrogens with two attached hydrogens (primary N) is 1. The summed E-state index contributed by atoms with van der Waals surface area (Å²) >= 11 is 0. The van der Waals surface area contributed by atoms with Crippen LogP contribution in [0, 0.1) is 12.8 Å². The number of hydrogen-bond donors (Lipinski definition) is 2. The Bertz CT molecular complexity index is 576. The highest BCUT2D eigenvalue weighted by atomic mass is 14.9. The van der Waals surface area contributed by atoms with Crippen LogP contribution in [-0.2, 0) is 12.8 Å². The maximum atomic E-state index is 6.12. The third kappa shape index (κ3) is 2.18. The topological polar surface area (TPSA) is 50.9 Å². The predicted octanol–water partition coefficient (Wildman–Crippen LogP) is 2.65. The van der Waals surface area contributed by atoms with Crippen LogP contribution in [-0.4, -0.2) is 12.0 Å². The fourth-order valence-corrected chi connectivity index (χ4v) is 3.44. The summed E-state index contributed by atoms with van der Waals surface area (Å²) in [6, 6.07) is 11.0. The number of benzene rings is 1. The summed E-state index contributed by atoms with van der Waals surface area (Å²) in [6.45, 7) is 2.11. The van der Waals surface area contributed by atoms with E-state index in [2.05, 4.69) is 41.5 Å². The molecule has 104 valence electrons. The highest BCUT2D eigenvalue weighted by Gasteiger charge is 2.30. The summed E-state index contributed by atoms with van der Waals surface area (Å²) in [6.07, 6.45) is 4.00. The van der Waals surface area contributed by atoms with Crippen molar-refractivity contribution in [3.05, 3.63) is 58.8 Å². The second kappa shape index (κ2) is 5.25. The van der Waals surface area contributed by atoms with Gasteiger partial charge in [0, 0.05) is 17.8 Å². The van der Waals surface area contributed by atoms with Crippen molar-refractivity contribution in [2.45, 2.75) is 25.8 Å². The molecule has 1 aliphatic rings. The highest BCUT2D eigenvalue weighted by Crippen LogP contribution is 2.37. The molecular weight excluding hydrogens is 246 g/mol. The summed E-state index contributed by atoms with van der Waals surface area (Å²) in [5, 5.41) is 3.46. The molecule has 0 aliphatic heterocycles. The van der Waals surface area contributed by atoms with Crippen molar-refractivity contribution in [1.82, 2.24) is 10.3 Å². The van der Waals surface area contributed by atoms with Gasteiger partial charge in [0.1, 0.15) is 5.82 Å². The molecule has 1 atom stereocenters. The second-order valence-corrected chi connectivity index (χ2v) is 5.63. The molecule has 0 bridgehead atoms. The van der Waals surface area contributed by atoms with Crippen LogP contribution in [0.5, 0.6) is 0 Å². The number of nitrogen functional groups attached to an aromatic ring is 1. The number of fused-ring (bicyclic) bond motifs is 1. The normalized spacial score (nSPS) is 16.1. The van der Waals surface area contributed by atoms with Crippen LogP contribution in [0.25, 0.3) is 0 Å². The molecule has 3 N–H and O–H groups in total. The molecule has 0 radical (unpaired) electrons. The van der Waals surface area contributed by atoms with Gasteiger partial charge in [-0.3, -0.25) is 0 Å². The first-order chi connectivity index (χ1) is 9.70. The first kappa shape index (κ1) is 13.1. The van der Waals surface area contributed by atoms with E-state index in [4.69, 9.17) is 5.73 Å². The zero-order valence-corrected chi connectivity index (χ0v) is 12.1. The fraction of sp³-hybridized carbons (Fsp3) is 0.353. The van der Waals surface area contributed by atoms with Gasteiger partial charge in [-0.15, -0.1) is 0 Å². The lowest BCUT2D eigenvalue weighted by Crippen LogP contribution is -2.27. The lowest BCUT2D eigenvalue weighted by Gasteiger charge is -2.25. The van der Waals surface area contributed by atoms with Crippen molar-refractivity contribution >= 4 is 5.82 Å². The molecule has 0 saturated heterocycles. The van der Waals surface area contributed by atoms with Gasteiger partial charge in [-0.1, -0.05) is 24.3 Å². The molecule has 0 spiro atoms. The average molecular weight is 267 g/mol. The number of aryl methyl sites for hydroxylation is 1. The van der Waals surface area contributed by atoms with Gasteiger partial charge in [0.05, 0.1) is 0 Å². The molecule has 1 aromatic carbocycles. The lowest BCUT2D eigenvalue weighted by atomic mass is 9.88. The Hall–Kier alpha value is -1.87. The molecule has 0 saturated carbocycles. The maximum Gasteiger partial charge on any atom is 0.128 e. The number of nitrogens with zero attached hydrogens (tertiary/aromatic N) is 1. The minimum atomic E-state index is 0.260. The smallest absolute Gasteiger partial charge is 0.128 e. The average Bonchev–Trinajstić information content (AvgIpc) is 2.86. The SMILES string of the molecule is CNC(c1c(C)ccnc1N)C1Cc2ccccc2C1. The molecule has 1 aromatic heterocycles. The zero-order valence-electron chi connectivity index (χ0n) is 12.1. The van der Waals surface area contributed by atoms with Crippen LogP contribution < -0.4 is 11.1 Å². The van der Waals surface area contributed by atoms with Crippen molar-refractivity contribution in [3.8, 4) is 0 Å². The van der Waals surface area contributed by atoms with Crippen LogP contribution >= 0.6 is 0 Å². The van der Waals surface area contributed by atoms with E-state index in [0.717, 1.165) is 18.4 Å². The van der Waals surface area contributed by atoms with Gasteiger partial charge in [0.2, 0.25) is 0 Å². The Labute approximate surface area is 120 Å². The quantitative estimate of drug-likeness (QED) is 0.899. The Morgan fingerprint density at radius 1 is 1.20 bits per heavy atom. The Kier molecular flexibility index (Phi) is 3.45.